The van der Waals surface area contributed by atoms with Crippen molar-refractivity contribution < 1.29 is 24.2 Å². The fourth-order valence-electron chi connectivity index (χ4n) is 2.49. The molecule has 0 heterocycles. The summed E-state index contributed by atoms with van der Waals surface area (Å²) < 4.78 is 11.3. The molecular weight excluding hydrogens is 346 g/mol. The highest BCUT2D eigenvalue weighted by molar-refractivity contribution is 5.80. The van der Waals surface area contributed by atoms with Crippen LogP contribution in [-0.2, 0) is 22.6 Å². The Hall–Kier alpha value is -3.02. The van der Waals surface area contributed by atoms with Crippen LogP contribution in [0.4, 0.5) is 0 Å². The van der Waals surface area contributed by atoms with Crippen LogP contribution in [0.3, 0.4) is 0 Å². The van der Waals surface area contributed by atoms with Gasteiger partial charge in [-0.2, -0.15) is 0 Å². The van der Waals surface area contributed by atoms with Crippen molar-refractivity contribution in [1.29, 1.82) is 0 Å². The molecule has 0 unspecified atom stereocenters. The smallest absolute Gasteiger partial charge is 0.303 e. The minimum absolute atomic E-state index is 0.0111. The molecule has 0 aliphatic rings. The van der Waals surface area contributed by atoms with Gasteiger partial charge in [-0.25, -0.2) is 0 Å². The molecule has 0 aromatic heterocycles. The summed E-state index contributed by atoms with van der Waals surface area (Å²) in [5.41, 5.74) is 3.26. The second-order valence-electron chi connectivity index (χ2n) is 6.25. The summed E-state index contributed by atoms with van der Waals surface area (Å²) in [5, 5.41) is 11.3. The van der Waals surface area contributed by atoms with Crippen molar-refractivity contribution in [1.82, 2.24) is 5.32 Å². The molecule has 27 heavy (non-hydrogen) atoms. The lowest BCUT2D eigenvalue weighted by Gasteiger charge is -2.13. The molecule has 144 valence electrons. The third kappa shape index (κ3) is 7.01. The van der Waals surface area contributed by atoms with Crippen LogP contribution >= 0.6 is 0 Å². The summed E-state index contributed by atoms with van der Waals surface area (Å²) in [7, 11) is 1.59. The number of carbonyl (C=O) groups is 2. The number of carbonyl (C=O) groups excluding carboxylic acids is 1. The molecule has 2 aromatic rings. The van der Waals surface area contributed by atoms with E-state index in [1.807, 2.05) is 49.4 Å². The van der Waals surface area contributed by atoms with Crippen molar-refractivity contribution in [2.24, 2.45) is 0 Å². The van der Waals surface area contributed by atoms with E-state index in [0.717, 1.165) is 11.1 Å². The largest absolute Gasteiger partial charge is 0.493 e. The van der Waals surface area contributed by atoms with Gasteiger partial charge in [0.1, 0.15) is 6.61 Å². The lowest BCUT2D eigenvalue weighted by Crippen LogP contribution is -2.26. The first-order valence-electron chi connectivity index (χ1n) is 8.81. The average Bonchev–Trinajstić information content (AvgIpc) is 2.66. The molecular formula is C21H25NO5. The third-order valence-corrected chi connectivity index (χ3v) is 4.04. The number of carboxylic acids is 1. The minimum atomic E-state index is -0.976. The Morgan fingerprint density at radius 3 is 2.37 bits per heavy atom. The number of methoxy groups -OCH3 is 1. The van der Waals surface area contributed by atoms with E-state index in [1.165, 1.54) is 5.56 Å². The van der Waals surface area contributed by atoms with E-state index >= 15 is 0 Å². The summed E-state index contributed by atoms with van der Waals surface area (Å²) in [6.45, 7) is 2.91. The van der Waals surface area contributed by atoms with Crippen LogP contribution in [0.5, 0.6) is 11.5 Å². The Balaban J connectivity index is 1.90. The first-order chi connectivity index (χ1) is 13.0. The minimum Gasteiger partial charge on any atom is -0.493 e. The van der Waals surface area contributed by atoms with E-state index < -0.39 is 5.97 Å². The number of hydrogen-bond acceptors (Lipinski definition) is 4. The first-order valence-corrected chi connectivity index (χ1v) is 8.81. The molecule has 2 N–H and O–H groups in total. The molecule has 0 radical (unpaired) electrons. The molecule has 0 aliphatic heterocycles. The molecule has 2 aromatic carbocycles. The van der Waals surface area contributed by atoms with Crippen molar-refractivity contribution in [3.05, 3.63) is 59.2 Å². The molecule has 0 saturated carbocycles. The van der Waals surface area contributed by atoms with Crippen molar-refractivity contribution in [2.45, 2.75) is 32.8 Å². The summed E-state index contributed by atoms with van der Waals surface area (Å²) >= 11 is 0. The number of rotatable bonds is 10. The maximum absolute atomic E-state index is 11.6. The average molecular weight is 371 g/mol. The zero-order valence-electron chi connectivity index (χ0n) is 15.7. The Morgan fingerprint density at radius 1 is 1.00 bits per heavy atom. The Morgan fingerprint density at radius 2 is 1.70 bits per heavy atom. The van der Waals surface area contributed by atoms with Gasteiger partial charge in [0, 0.05) is 13.0 Å². The summed E-state index contributed by atoms with van der Waals surface area (Å²) in [4.78, 5) is 22.0. The number of aliphatic carboxylic acids is 1. The van der Waals surface area contributed by atoms with Crippen molar-refractivity contribution in [3.63, 3.8) is 0 Å². The monoisotopic (exact) mass is 371 g/mol. The highest BCUT2D eigenvalue weighted by Gasteiger charge is 2.08. The quantitative estimate of drug-likeness (QED) is 0.670. The highest BCUT2D eigenvalue weighted by Crippen LogP contribution is 2.29. The van der Waals surface area contributed by atoms with Gasteiger partial charge in [-0.15, -0.1) is 0 Å². The van der Waals surface area contributed by atoms with Gasteiger partial charge in [0.2, 0.25) is 5.91 Å². The fourth-order valence-corrected chi connectivity index (χ4v) is 2.49. The normalized spacial score (nSPS) is 10.3. The van der Waals surface area contributed by atoms with Crippen LogP contribution < -0.4 is 14.8 Å². The predicted octanol–water partition coefficient (Wildman–Crippen LogP) is 3.11. The standard InChI is InChI=1S/C21H25NO5/c1-15-3-5-17(6-4-15)14-27-19-13-16(7-8-18(19)26-2)11-12-22-20(23)9-10-21(24)25/h3-8,13H,9-12,14H2,1-2H3,(H,22,23)(H,24,25). The van der Waals surface area contributed by atoms with Crippen molar-refractivity contribution in [3.8, 4) is 11.5 Å². The van der Waals surface area contributed by atoms with Crippen molar-refractivity contribution >= 4 is 11.9 Å². The molecule has 0 saturated heterocycles. The predicted molar refractivity (Wildman–Crippen MR) is 102 cm³/mol. The molecule has 1 amide bonds. The van der Waals surface area contributed by atoms with E-state index in [1.54, 1.807) is 7.11 Å². The van der Waals surface area contributed by atoms with E-state index in [4.69, 9.17) is 14.6 Å². The number of amides is 1. The zero-order valence-corrected chi connectivity index (χ0v) is 15.7. The van der Waals surface area contributed by atoms with Gasteiger partial charge in [-0.1, -0.05) is 35.9 Å². The topological polar surface area (TPSA) is 84.9 Å². The van der Waals surface area contributed by atoms with Crippen LogP contribution in [-0.4, -0.2) is 30.6 Å². The second kappa shape index (κ2) is 10.2. The second-order valence-corrected chi connectivity index (χ2v) is 6.25. The van der Waals surface area contributed by atoms with Gasteiger partial charge < -0.3 is 19.9 Å². The summed E-state index contributed by atoms with van der Waals surface area (Å²) in [6, 6.07) is 13.8. The number of ether oxygens (including phenoxy) is 2. The first kappa shape index (κ1) is 20.3. The number of aryl methyl sites for hydroxylation is 1. The lowest BCUT2D eigenvalue weighted by molar-refractivity contribution is -0.138. The Labute approximate surface area is 159 Å². The fraction of sp³-hybridized carbons (Fsp3) is 0.333. The Bertz CT molecular complexity index is 771. The van der Waals surface area contributed by atoms with Crippen LogP contribution in [0.1, 0.15) is 29.5 Å². The van der Waals surface area contributed by atoms with Gasteiger partial charge in [0.05, 0.1) is 13.5 Å². The number of hydrogen-bond donors (Lipinski definition) is 2. The third-order valence-electron chi connectivity index (χ3n) is 4.04. The summed E-state index contributed by atoms with van der Waals surface area (Å²) in [6.07, 6.45) is 0.442. The van der Waals surface area contributed by atoms with Gasteiger partial charge in [0.15, 0.2) is 11.5 Å². The molecule has 0 bridgehead atoms. The Kier molecular flexibility index (Phi) is 7.67. The van der Waals surface area contributed by atoms with Crippen LogP contribution in [0, 0.1) is 6.92 Å². The lowest BCUT2D eigenvalue weighted by atomic mass is 10.1. The van der Waals surface area contributed by atoms with E-state index in [2.05, 4.69) is 5.32 Å². The van der Waals surface area contributed by atoms with Crippen molar-refractivity contribution in [2.75, 3.05) is 13.7 Å². The number of carboxylic acid groups (broad SMARTS) is 1. The maximum atomic E-state index is 11.6. The molecule has 0 spiro atoms. The van der Waals surface area contributed by atoms with Gasteiger partial charge >= 0.3 is 5.97 Å². The molecule has 6 heteroatoms. The zero-order chi connectivity index (χ0) is 19.6. The van der Waals surface area contributed by atoms with E-state index in [9.17, 15) is 9.59 Å². The van der Waals surface area contributed by atoms with E-state index in [0.29, 0.717) is 31.1 Å². The molecule has 0 fully saturated rings. The summed E-state index contributed by atoms with van der Waals surface area (Å²) in [5.74, 6) is 0.0570. The van der Waals surface area contributed by atoms with E-state index in [-0.39, 0.29) is 18.7 Å². The number of nitrogens with one attached hydrogen (secondary N) is 1. The maximum Gasteiger partial charge on any atom is 0.303 e. The molecule has 2 rings (SSSR count). The van der Waals surface area contributed by atoms with Crippen LogP contribution in [0.2, 0.25) is 0 Å². The SMILES string of the molecule is COc1ccc(CCNC(=O)CCC(=O)O)cc1OCc1ccc(C)cc1. The van der Waals surface area contributed by atoms with Gasteiger partial charge in [0.25, 0.3) is 0 Å². The van der Waals surface area contributed by atoms with Crippen LogP contribution in [0.25, 0.3) is 0 Å². The molecule has 6 nitrogen and oxygen atoms in total. The van der Waals surface area contributed by atoms with Gasteiger partial charge in [-0.3, -0.25) is 9.59 Å². The molecule has 0 atom stereocenters. The molecule has 0 aliphatic carbocycles. The van der Waals surface area contributed by atoms with Crippen LogP contribution in [0.15, 0.2) is 42.5 Å². The number of benzene rings is 2. The van der Waals surface area contributed by atoms with Gasteiger partial charge in [-0.05, 0) is 36.6 Å². The highest BCUT2D eigenvalue weighted by atomic mass is 16.5.